The van der Waals surface area contributed by atoms with E-state index in [-0.39, 0.29) is 11.9 Å². The van der Waals surface area contributed by atoms with Crippen LogP contribution in [0.5, 0.6) is 5.75 Å². The van der Waals surface area contributed by atoms with Gasteiger partial charge in [-0.2, -0.15) is 0 Å². The SMILES string of the molecule is O=C(CCOc1ccccc1)N[C@H](CCl)Cc1ccccc1. The lowest BCUT2D eigenvalue weighted by Crippen LogP contribution is -2.38. The highest BCUT2D eigenvalue weighted by molar-refractivity contribution is 6.18. The second kappa shape index (κ2) is 9.11. The molecule has 0 radical (unpaired) electrons. The summed E-state index contributed by atoms with van der Waals surface area (Å²) in [5.74, 6) is 1.12. The number of rotatable bonds is 8. The minimum atomic E-state index is -0.0618. The van der Waals surface area contributed by atoms with E-state index < -0.39 is 0 Å². The number of halogens is 1. The van der Waals surface area contributed by atoms with Crippen molar-refractivity contribution in [2.45, 2.75) is 18.9 Å². The number of para-hydroxylation sites is 1. The van der Waals surface area contributed by atoms with E-state index in [2.05, 4.69) is 5.32 Å². The summed E-state index contributed by atoms with van der Waals surface area (Å²) in [5, 5.41) is 2.95. The normalized spacial score (nSPS) is 11.7. The number of benzene rings is 2. The fourth-order valence-corrected chi connectivity index (χ4v) is 2.31. The van der Waals surface area contributed by atoms with Gasteiger partial charge in [0.05, 0.1) is 13.0 Å². The number of carbonyl (C=O) groups excluding carboxylic acids is 1. The second-order valence-corrected chi connectivity index (χ2v) is 5.33. The molecule has 0 bridgehead atoms. The summed E-state index contributed by atoms with van der Waals surface area (Å²) >= 11 is 5.95. The summed E-state index contributed by atoms with van der Waals surface area (Å²) in [5.41, 5.74) is 1.16. The van der Waals surface area contributed by atoms with Crippen LogP contribution in [0, 0.1) is 0 Å². The van der Waals surface area contributed by atoms with Crippen LogP contribution in [0.4, 0.5) is 0 Å². The van der Waals surface area contributed by atoms with Crippen LogP contribution < -0.4 is 10.1 Å². The lowest BCUT2D eigenvalue weighted by Gasteiger charge is -2.16. The molecule has 3 nitrogen and oxygen atoms in total. The molecule has 1 N–H and O–H groups in total. The van der Waals surface area contributed by atoms with Gasteiger partial charge in [-0.15, -0.1) is 11.6 Å². The van der Waals surface area contributed by atoms with E-state index in [1.807, 2.05) is 60.7 Å². The van der Waals surface area contributed by atoms with Gasteiger partial charge in [0.25, 0.3) is 0 Å². The van der Waals surface area contributed by atoms with Gasteiger partial charge in [0, 0.05) is 11.9 Å². The van der Waals surface area contributed by atoms with Crippen molar-refractivity contribution < 1.29 is 9.53 Å². The third-order valence-corrected chi connectivity index (χ3v) is 3.59. The van der Waals surface area contributed by atoms with Crippen LogP contribution in [-0.4, -0.2) is 24.4 Å². The van der Waals surface area contributed by atoms with Crippen molar-refractivity contribution in [2.24, 2.45) is 0 Å². The molecule has 1 amide bonds. The Morgan fingerprint density at radius 2 is 1.68 bits per heavy atom. The molecule has 22 heavy (non-hydrogen) atoms. The minimum Gasteiger partial charge on any atom is -0.493 e. The molecule has 0 heterocycles. The number of nitrogens with one attached hydrogen (secondary N) is 1. The van der Waals surface area contributed by atoms with E-state index in [4.69, 9.17) is 16.3 Å². The summed E-state index contributed by atoms with van der Waals surface area (Å²) in [6, 6.07) is 19.4. The quantitative estimate of drug-likeness (QED) is 0.758. The third-order valence-electron chi connectivity index (χ3n) is 3.22. The zero-order valence-corrected chi connectivity index (χ0v) is 13.1. The minimum absolute atomic E-state index is 0.0440. The van der Waals surface area contributed by atoms with E-state index >= 15 is 0 Å². The molecule has 0 aliphatic carbocycles. The smallest absolute Gasteiger partial charge is 0.223 e. The molecule has 116 valence electrons. The molecular weight excluding hydrogens is 298 g/mol. The molecule has 0 fully saturated rings. The van der Waals surface area contributed by atoms with Gasteiger partial charge in [0.1, 0.15) is 5.75 Å². The Hall–Kier alpha value is -2.00. The second-order valence-electron chi connectivity index (χ2n) is 5.02. The molecule has 0 aliphatic heterocycles. The molecule has 4 heteroatoms. The summed E-state index contributed by atoms with van der Waals surface area (Å²) in [4.78, 5) is 11.9. The molecular formula is C18H20ClNO2. The van der Waals surface area contributed by atoms with Crippen molar-refractivity contribution in [3.05, 3.63) is 66.2 Å². The van der Waals surface area contributed by atoms with Gasteiger partial charge in [0.2, 0.25) is 5.91 Å². The average Bonchev–Trinajstić information content (AvgIpc) is 2.56. The molecule has 0 saturated carbocycles. The Bertz CT molecular complexity index is 560. The lowest BCUT2D eigenvalue weighted by atomic mass is 10.1. The third kappa shape index (κ3) is 5.78. The Kier molecular flexibility index (Phi) is 6.78. The number of hydrogen-bond donors (Lipinski definition) is 1. The first-order valence-electron chi connectivity index (χ1n) is 7.35. The largest absolute Gasteiger partial charge is 0.493 e. The molecule has 2 aromatic rings. The predicted molar refractivity (Wildman–Crippen MR) is 89.4 cm³/mol. The van der Waals surface area contributed by atoms with Gasteiger partial charge in [-0.25, -0.2) is 0 Å². The standard InChI is InChI=1S/C18H20ClNO2/c19-14-16(13-15-7-3-1-4-8-15)20-18(21)11-12-22-17-9-5-2-6-10-17/h1-10,16H,11-14H2,(H,20,21)/t16-/m0/s1. The molecule has 0 saturated heterocycles. The van der Waals surface area contributed by atoms with Gasteiger partial charge >= 0.3 is 0 Å². The first kappa shape index (κ1) is 16.4. The zero-order chi connectivity index (χ0) is 15.6. The van der Waals surface area contributed by atoms with Gasteiger partial charge in [0.15, 0.2) is 0 Å². The maximum atomic E-state index is 11.9. The highest BCUT2D eigenvalue weighted by Gasteiger charge is 2.12. The van der Waals surface area contributed by atoms with Crippen LogP contribution in [0.2, 0.25) is 0 Å². The van der Waals surface area contributed by atoms with Gasteiger partial charge < -0.3 is 10.1 Å². The molecule has 0 aliphatic rings. The zero-order valence-electron chi connectivity index (χ0n) is 12.4. The number of hydrogen-bond acceptors (Lipinski definition) is 2. The summed E-state index contributed by atoms with van der Waals surface area (Å²) in [6.07, 6.45) is 1.05. The van der Waals surface area contributed by atoms with Crippen LogP contribution in [-0.2, 0) is 11.2 Å². The Morgan fingerprint density at radius 1 is 1.05 bits per heavy atom. The highest BCUT2D eigenvalue weighted by Crippen LogP contribution is 2.08. The van der Waals surface area contributed by atoms with E-state index in [0.29, 0.717) is 18.9 Å². The maximum absolute atomic E-state index is 11.9. The molecule has 1 atom stereocenters. The number of carbonyl (C=O) groups is 1. The van der Waals surface area contributed by atoms with Crippen LogP contribution in [0.15, 0.2) is 60.7 Å². The number of amides is 1. The molecule has 0 aromatic heterocycles. The fourth-order valence-electron chi connectivity index (χ4n) is 2.12. The molecule has 0 spiro atoms. The van der Waals surface area contributed by atoms with Crippen molar-refractivity contribution in [3.8, 4) is 5.75 Å². The number of ether oxygens (including phenoxy) is 1. The summed E-state index contributed by atoms with van der Waals surface area (Å²) in [7, 11) is 0. The van der Waals surface area contributed by atoms with E-state index in [1.54, 1.807) is 0 Å². The van der Waals surface area contributed by atoms with Gasteiger partial charge in [-0.3, -0.25) is 4.79 Å². The first-order valence-corrected chi connectivity index (χ1v) is 7.88. The van der Waals surface area contributed by atoms with E-state index in [0.717, 1.165) is 17.7 Å². The predicted octanol–water partition coefficient (Wildman–Crippen LogP) is 3.42. The fraction of sp³-hybridized carbons (Fsp3) is 0.278. The molecule has 0 unspecified atom stereocenters. The van der Waals surface area contributed by atoms with Gasteiger partial charge in [-0.05, 0) is 24.1 Å². The lowest BCUT2D eigenvalue weighted by molar-refractivity contribution is -0.122. The maximum Gasteiger partial charge on any atom is 0.223 e. The highest BCUT2D eigenvalue weighted by atomic mass is 35.5. The van der Waals surface area contributed by atoms with Crippen molar-refractivity contribution in [2.75, 3.05) is 12.5 Å². The molecule has 2 rings (SSSR count). The van der Waals surface area contributed by atoms with Crippen LogP contribution in [0.1, 0.15) is 12.0 Å². The summed E-state index contributed by atoms with van der Waals surface area (Å²) in [6.45, 7) is 0.357. The van der Waals surface area contributed by atoms with Crippen LogP contribution in [0.25, 0.3) is 0 Å². The monoisotopic (exact) mass is 317 g/mol. The van der Waals surface area contributed by atoms with Crippen molar-refractivity contribution in [1.29, 1.82) is 0 Å². The van der Waals surface area contributed by atoms with E-state index in [1.165, 1.54) is 0 Å². The Labute approximate surface area is 136 Å². The van der Waals surface area contributed by atoms with Crippen molar-refractivity contribution in [3.63, 3.8) is 0 Å². The Balaban J connectivity index is 1.72. The van der Waals surface area contributed by atoms with Crippen molar-refractivity contribution >= 4 is 17.5 Å². The number of alkyl halides is 1. The Morgan fingerprint density at radius 3 is 2.32 bits per heavy atom. The first-order chi connectivity index (χ1) is 10.8. The average molecular weight is 318 g/mol. The van der Waals surface area contributed by atoms with Gasteiger partial charge in [-0.1, -0.05) is 48.5 Å². The van der Waals surface area contributed by atoms with Crippen LogP contribution in [0.3, 0.4) is 0 Å². The van der Waals surface area contributed by atoms with Crippen molar-refractivity contribution in [1.82, 2.24) is 5.32 Å². The van der Waals surface area contributed by atoms with E-state index in [9.17, 15) is 4.79 Å². The topological polar surface area (TPSA) is 38.3 Å². The van der Waals surface area contributed by atoms with Crippen LogP contribution >= 0.6 is 11.6 Å². The summed E-state index contributed by atoms with van der Waals surface area (Å²) < 4.78 is 5.52. The molecule has 2 aromatic carbocycles.